The van der Waals surface area contributed by atoms with Gasteiger partial charge < -0.3 is 49.6 Å². The Morgan fingerprint density at radius 1 is 0.788 bits per heavy atom. The van der Waals surface area contributed by atoms with Gasteiger partial charge in [0.25, 0.3) is 0 Å². The lowest BCUT2D eigenvalue weighted by Gasteiger charge is -2.71. The van der Waals surface area contributed by atoms with E-state index in [9.17, 15) is 35.4 Å². The van der Waals surface area contributed by atoms with Gasteiger partial charge in [-0.25, -0.2) is 0 Å². The highest BCUT2D eigenvalue weighted by atomic mass is 16.8. The molecular formula is C41H66O11. The van der Waals surface area contributed by atoms with Crippen molar-refractivity contribution in [2.24, 2.45) is 50.2 Å². The molecule has 5 aliphatic carbocycles. The average molecular weight is 735 g/mol. The summed E-state index contributed by atoms with van der Waals surface area (Å²) in [7, 11) is 0. The van der Waals surface area contributed by atoms with E-state index in [1.165, 1.54) is 5.57 Å². The Kier molecular flexibility index (Phi) is 9.74. The van der Waals surface area contributed by atoms with Crippen LogP contribution in [0.2, 0.25) is 0 Å². The molecule has 0 unspecified atom stereocenters. The number of hydrogen-bond donors (Lipinski definition) is 6. The van der Waals surface area contributed by atoms with Crippen molar-refractivity contribution in [2.75, 3.05) is 6.61 Å². The maximum absolute atomic E-state index is 13.0. The van der Waals surface area contributed by atoms with E-state index in [0.717, 1.165) is 64.2 Å². The van der Waals surface area contributed by atoms with E-state index in [1.807, 2.05) is 0 Å². The molecule has 296 valence electrons. The minimum Gasteiger partial charge on any atom is -0.481 e. The lowest BCUT2D eigenvalue weighted by Crippen LogP contribution is -2.66. The van der Waals surface area contributed by atoms with Gasteiger partial charge in [-0.15, -0.1) is 0 Å². The van der Waals surface area contributed by atoms with Crippen LogP contribution in [-0.4, -0.2) is 105 Å². The lowest BCUT2D eigenvalue weighted by molar-refractivity contribution is -0.364. The number of rotatable bonds is 5. The molecule has 2 aliphatic heterocycles. The average Bonchev–Trinajstić information content (AvgIpc) is 3.06. The van der Waals surface area contributed by atoms with E-state index in [1.54, 1.807) is 6.92 Å². The monoisotopic (exact) mass is 734 g/mol. The summed E-state index contributed by atoms with van der Waals surface area (Å²) in [4.78, 5) is 13.0. The van der Waals surface area contributed by atoms with Crippen LogP contribution in [0, 0.1) is 50.2 Å². The van der Waals surface area contributed by atoms with Crippen molar-refractivity contribution in [3.8, 4) is 0 Å². The molecule has 0 aromatic carbocycles. The smallest absolute Gasteiger partial charge is 0.310 e. The predicted octanol–water partition coefficient (Wildman–Crippen LogP) is 4.55. The van der Waals surface area contributed by atoms with E-state index in [2.05, 4.69) is 54.5 Å². The van der Waals surface area contributed by atoms with Gasteiger partial charge >= 0.3 is 5.97 Å². The predicted molar refractivity (Wildman–Crippen MR) is 191 cm³/mol. The van der Waals surface area contributed by atoms with Gasteiger partial charge in [-0.05, 0) is 116 Å². The Hall–Kier alpha value is -1.15. The second-order valence-electron chi connectivity index (χ2n) is 20.2. The van der Waals surface area contributed by atoms with Crippen LogP contribution >= 0.6 is 0 Å². The number of aliphatic hydroxyl groups excluding tert-OH is 5. The Morgan fingerprint density at radius 3 is 2.17 bits per heavy atom. The molecule has 17 atom stereocenters. The molecule has 7 aliphatic rings. The first-order chi connectivity index (χ1) is 24.1. The molecular weight excluding hydrogens is 668 g/mol. The highest BCUT2D eigenvalue weighted by molar-refractivity contribution is 5.76. The highest BCUT2D eigenvalue weighted by Gasteiger charge is 2.69. The molecule has 11 heteroatoms. The summed E-state index contributed by atoms with van der Waals surface area (Å²) < 4.78 is 24.5. The van der Waals surface area contributed by atoms with Crippen LogP contribution < -0.4 is 0 Å². The summed E-state index contributed by atoms with van der Waals surface area (Å²) in [6, 6.07) is 0. The minimum atomic E-state index is -1.58. The second-order valence-corrected chi connectivity index (χ2v) is 20.2. The lowest BCUT2D eigenvalue weighted by atomic mass is 9.33. The van der Waals surface area contributed by atoms with Crippen molar-refractivity contribution in [1.29, 1.82) is 0 Å². The van der Waals surface area contributed by atoms with E-state index in [0.29, 0.717) is 11.8 Å². The first kappa shape index (κ1) is 39.1. The number of aliphatic hydroxyl groups is 5. The largest absolute Gasteiger partial charge is 0.481 e. The fourth-order valence-corrected chi connectivity index (χ4v) is 13.3. The number of ether oxygens (including phenoxy) is 4. The summed E-state index contributed by atoms with van der Waals surface area (Å²) in [5.41, 5.74) is 0.579. The van der Waals surface area contributed by atoms with E-state index >= 15 is 0 Å². The van der Waals surface area contributed by atoms with Crippen LogP contribution in [0.3, 0.4) is 0 Å². The topological polar surface area (TPSA) is 175 Å². The zero-order chi connectivity index (χ0) is 38.0. The van der Waals surface area contributed by atoms with Crippen LogP contribution in [0.25, 0.3) is 0 Å². The molecule has 7 rings (SSSR count). The third-order valence-electron chi connectivity index (χ3n) is 16.8. The zero-order valence-corrected chi connectivity index (χ0v) is 32.6. The van der Waals surface area contributed by atoms with Gasteiger partial charge in [0.15, 0.2) is 12.6 Å². The summed E-state index contributed by atoms with van der Waals surface area (Å²) in [5, 5.41) is 63.6. The van der Waals surface area contributed by atoms with Crippen molar-refractivity contribution < 1.29 is 54.4 Å². The molecule has 0 amide bonds. The Bertz CT molecular complexity index is 1410. The molecule has 0 radical (unpaired) electrons. The molecule has 0 aromatic rings. The molecule has 4 saturated carbocycles. The summed E-state index contributed by atoms with van der Waals surface area (Å²) in [6.45, 7) is 18.1. The Morgan fingerprint density at radius 2 is 1.48 bits per heavy atom. The second kappa shape index (κ2) is 12.9. The fourth-order valence-electron chi connectivity index (χ4n) is 13.3. The van der Waals surface area contributed by atoms with Crippen LogP contribution in [0.5, 0.6) is 0 Å². The van der Waals surface area contributed by atoms with Crippen LogP contribution in [0.4, 0.5) is 0 Å². The number of carbonyl (C=O) groups is 1. The molecule has 0 spiro atoms. The molecule has 11 nitrogen and oxygen atoms in total. The van der Waals surface area contributed by atoms with Crippen molar-refractivity contribution in [1.82, 2.24) is 0 Å². The Labute approximate surface area is 309 Å². The van der Waals surface area contributed by atoms with E-state index < -0.39 is 66.7 Å². The van der Waals surface area contributed by atoms with Gasteiger partial charge in [0.1, 0.15) is 36.6 Å². The molecule has 6 fully saturated rings. The fraction of sp³-hybridized carbons (Fsp3) is 0.927. The van der Waals surface area contributed by atoms with E-state index in [4.69, 9.17) is 18.9 Å². The van der Waals surface area contributed by atoms with Crippen molar-refractivity contribution in [3.63, 3.8) is 0 Å². The van der Waals surface area contributed by atoms with Gasteiger partial charge in [-0.1, -0.05) is 60.1 Å². The number of allylic oxidation sites excluding steroid dienone is 2. The standard InChI is InChI=1S/C41H66O11/c1-21-28(43)30(45)31(46)33(50-21)52-32-29(44)24(42)20-49-34(32)51-27-12-13-38(6)25(37(27,4)5)11-14-40(8)26(38)10-9-22-23-19-36(2,3)15-17-41(23,35(47)48)18-16-39(22,40)7/h9,21,23-34,42-46H,10-20H2,1-8H3,(H,47,48)/t21-,23-,24+,25-,26+,27-,28-,29-,30+,31-,32+,33-,34-,38-,39+,40+,41-/m0/s1. The molecule has 0 bridgehead atoms. The number of aliphatic carboxylic acids is 1. The first-order valence-corrected chi connectivity index (χ1v) is 20.1. The third kappa shape index (κ3) is 5.64. The van der Waals surface area contributed by atoms with Gasteiger partial charge in [-0.3, -0.25) is 4.79 Å². The van der Waals surface area contributed by atoms with Gasteiger partial charge in [0, 0.05) is 0 Å². The van der Waals surface area contributed by atoms with Crippen LogP contribution in [0.15, 0.2) is 11.6 Å². The maximum atomic E-state index is 13.0. The normalized spacial score (nSPS) is 54.1. The summed E-state index contributed by atoms with van der Waals surface area (Å²) in [6.07, 6.45) is -0.253. The van der Waals surface area contributed by atoms with Crippen LogP contribution in [0.1, 0.15) is 120 Å². The van der Waals surface area contributed by atoms with Crippen LogP contribution in [-0.2, 0) is 23.7 Å². The molecule has 2 saturated heterocycles. The third-order valence-corrected chi connectivity index (χ3v) is 16.8. The number of carboxylic acids is 1. The number of fused-ring (bicyclic) bond motifs is 7. The SMILES string of the molecule is C[C@@H]1O[C@@H](O[C@H]2[C@H](O[C@H]3CC[C@]4(C)[C@H]5CC=C6[C@@H]7CC(C)(C)CC[C@]7(C(=O)O)CC[C@@]6(C)[C@]5(C)CC[C@H]4C3(C)C)OC[C@@H](O)[C@@H]2O)[C@@H](O)[C@H](O)[C@H]1O. The molecule has 6 N–H and O–H groups in total. The van der Waals surface area contributed by atoms with Gasteiger partial charge in [0.05, 0.1) is 24.2 Å². The molecule has 2 heterocycles. The molecule has 0 aromatic heterocycles. The van der Waals surface area contributed by atoms with Crippen molar-refractivity contribution in [3.05, 3.63) is 11.6 Å². The van der Waals surface area contributed by atoms with Gasteiger partial charge in [-0.2, -0.15) is 0 Å². The van der Waals surface area contributed by atoms with E-state index in [-0.39, 0.29) is 45.7 Å². The highest BCUT2D eigenvalue weighted by Crippen LogP contribution is 2.76. The first-order valence-electron chi connectivity index (χ1n) is 20.1. The summed E-state index contributed by atoms with van der Waals surface area (Å²) >= 11 is 0. The number of carboxylic acid groups (broad SMARTS) is 1. The molecule has 52 heavy (non-hydrogen) atoms. The minimum absolute atomic E-state index is 0.0146. The Balaban J connectivity index is 1.13. The number of hydrogen-bond acceptors (Lipinski definition) is 10. The maximum Gasteiger partial charge on any atom is 0.310 e. The quantitative estimate of drug-likeness (QED) is 0.173. The zero-order valence-electron chi connectivity index (χ0n) is 32.6. The summed E-state index contributed by atoms with van der Waals surface area (Å²) in [5.74, 6) is 0.219. The van der Waals surface area contributed by atoms with Crippen molar-refractivity contribution >= 4 is 5.97 Å². The van der Waals surface area contributed by atoms with Gasteiger partial charge in [0.2, 0.25) is 0 Å². The van der Waals surface area contributed by atoms with Crippen molar-refractivity contribution in [2.45, 2.75) is 181 Å².